The summed E-state index contributed by atoms with van der Waals surface area (Å²) in [6, 6.07) is 11.1. The molecule has 3 amide bonds. The Morgan fingerprint density at radius 3 is 2.35 bits per heavy atom. The number of benzene rings is 2. The maximum absolute atomic E-state index is 13.5. The van der Waals surface area contributed by atoms with Gasteiger partial charge in [0.2, 0.25) is 0 Å². The molecule has 5 nitrogen and oxygen atoms in total. The third kappa shape index (κ3) is 3.49. The number of urea groups is 1. The molecule has 1 unspecified atom stereocenters. The van der Waals surface area contributed by atoms with Gasteiger partial charge in [0.15, 0.2) is 5.54 Å². The Labute approximate surface area is 147 Å². The van der Waals surface area contributed by atoms with Crippen molar-refractivity contribution in [1.82, 2.24) is 10.6 Å². The summed E-state index contributed by atoms with van der Waals surface area (Å²) in [4.78, 5) is 23.0. The van der Waals surface area contributed by atoms with E-state index >= 15 is 0 Å². The minimum atomic E-state index is -4.58. The Balaban J connectivity index is 1.88. The molecule has 3 rings (SSSR count). The molecule has 8 heteroatoms. The standard InChI is InChI=1S/C18H15F3N2O3/c1-17(15(24)22-16(25)23-17)10-26-12-7-8-13(11-5-3-2-4-6-11)14(9-12)18(19,20)21/h2-9H,10H2,1H3,(H2,22,23,24,25). The minimum Gasteiger partial charge on any atom is -0.491 e. The molecular formula is C18H15F3N2O3. The smallest absolute Gasteiger partial charge is 0.417 e. The highest BCUT2D eigenvalue weighted by molar-refractivity contribution is 6.06. The zero-order chi connectivity index (χ0) is 18.9. The highest BCUT2D eigenvalue weighted by atomic mass is 19.4. The molecule has 0 aliphatic carbocycles. The lowest BCUT2D eigenvalue weighted by atomic mass is 9.99. The molecular weight excluding hydrogens is 349 g/mol. The van der Waals surface area contributed by atoms with E-state index in [0.29, 0.717) is 5.56 Å². The molecule has 136 valence electrons. The van der Waals surface area contributed by atoms with Crippen LogP contribution in [0.3, 0.4) is 0 Å². The Bertz CT molecular complexity index is 853. The Kier molecular flexibility index (Phi) is 4.35. The van der Waals surface area contributed by atoms with Crippen molar-refractivity contribution in [2.45, 2.75) is 18.6 Å². The topological polar surface area (TPSA) is 67.4 Å². The van der Waals surface area contributed by atoms with Crippen LogP contribution in [0.15, 0.2) is 48.5 Å². The van der Waals surface area contributed by atoms with Crippen LogP contribution in [0.4, 0.5) is 18.0 Å². The lowest BCUT2D eigenvalue weighted by Gasteiger charge is -2.21. The van der Waals surface area contributed by atoms with E-state index in [1.807, 2.05) is 0 Å². The molecule has 1 fully saturated rings. The van der Waals surface area contributed by atoms with E-state index in [1.54, 1.807) is 30.3 Å². The third-order valence-corrected chi connectivity index (χ3v) is 4.03. The second-order valence-corrected chi connectivity index (χ2v) is 6.10. The first-order chi connectivity index (χ1) is 12.2. The van der Waals surface area contributed by atoms with Crippen molar-refractivity contribution in [3.63, 3.8) is 0 Å². The number of alkyl halides is 3. The number of hydrogen-bond acceptors (Lipinski definition) is 3. The number of nitrogens with one attached hydrogen (secondary N) is 2. The highest BCUT2D eigenvalue weighted by Crippen LogP contribution is 2.39. The lowest BCUT2D eigenvalue weighted by molar-refractivity contribution is -0.137. The monoisotopic (exact) mass is 364 g/mol. The van der Waals surface area contributed by atoms with Gasteiger partial charge >= 0.3 is 12.2 Å². The van der Waals surface area contributed by atoms with Crippen molar-refractivity contribution in [2.75, 3.05) is 6.61 Å². The second-order valence-electron chi connectivity index (χ2n) is 6.10. The molecule has 1 saturated heterocycles. The van der Waals surface area contributed by atoms with E-state index in [2.05, 4.69) is 10.6 Å². The molecule has 1 heterocycles. The first-order valence-corrected chi connectivity index (χ1v) is 7.72. The zero-order valence-electron chi connectivity index (χ0n) is 13.7. The summed E-state index contributed by atoms with van der Waals surface area (Å²) >= 11 is 0. The van der Waals surface area contributed by atoms with E-state index in [1.165, 1.54) is 19.1 Å². The molecule has 1 atom stereocenters. The van der Waals surface area contributed by atoms with Crippen molar-refractivity contribution in [3.05, 3.63) is 54.1 Å². The normalized spacial score (nSPS) is 19.8. The number of imide groups is 1. The molecule has 2 aromatic carbocycles. The predicted molar refractivity (Wildman–Crippen MR) is 87.5 cm³/mol. The first-order valence-electron chi connectivity index (χ1n) is 7.72. The Morgan fingerprint density at radius 1 is 1.08 bits per heavy atom. The Hall–Kier alpha value is -3.03. The van der Waals surface area contributed by atoms with Crippen LogP contribution in [0.25, 0.3) is 11.1 Å². The molecule has 1 aliphatic heterocycles. The molecule has 0 aromatic heterocycles. The van der Waals surface area contributed by atoms with Gasteiger partial charge in [-0.15, -0.1) is 0 Å². The van der Waals surface area contributed by atoms with Gasteiger partial charge in [-0.2, -0.15) is 13.2 Å². The summed E-state index contributed by atoms with van der Waals surface area (Å²) in [5.41, 5.74) is -1.72. The van der Waals surface area contributed by atoms with Crippen LogP contribution in [0.1, 0.15) is 12.5 Å². The van der Waals surface area contributed by atoms with Crippen molar-refractivity contribution in [2.24, 2.45) is 0 Å². The van der Waals surface area contributed by atoms with Crippen LogP contribution in [-0.2, 0) is 11.0 Å². The van der Waals surface area contributed by atoms with Crippen molar-refractivity contribution < 1.29 is 27.5 Å². The van der Waals surface area contributed by atoms with Gasteiger partial charge in [-0.05, 0) is 30.2 Å². The number of carbonyl (C=O) groups is 2. The summed E-state index contributed by atoms with van der Waals surface area (Å²) in [5.74, 6) is -0.647. The average molecular weight is 364 g/mol. The lowest BCUT2D eigenvalue weighted by Crippen LogP contribution is -2.48. The van der Waals surface area contributed by atoms with Gasteiger partial charge in [0.1, 0.15) is 12.4 Å². The number of ether oxygens (including phenoxy) is 1. The number of hydrogen-bond donors (Lipinski definition) is 2. The number of halogens is 3. The van der Waals surface area contributed by atoms with Gasteiger partial charge in [-0.25, -0.2) is 4.79 Å². The van der Waals surface area contributed by atoms with Gasteiger partial charge in [0, 0.05) is 0 Å². The fourth-order valence-corrected chi connectivity index (χ4v) is 2.63. The van der Waals surface area contributed by atoms with Crippen molar-refractivity contribution in [1.29, 1.82) is 0 Å². The molecule has 0 spiro atoms. The van der Waals surface area contributed by atoms with Crippen LogP contribution in [0.2, 0.25) is 0 Å². The summed E-state index contributed by atoms with van der Waals surface area (Å²) in [5, 5.41) is 4.45. The van der Waals surface area contributed by atoms with Gasteiger partial charge in [0.25, 0.3) is 5.91 Å². The van der Waals surface area contributed by atoms with E-state index < -0.39 is 29.2 Å². The number of rotatable bonds is 4. The summed E-state index contributed by atoms with van der Waals surface area (Å²) < 4.78 is 45.8. The molecule has 0 bridgehead atoms. The molecule has 2 N–H and O–H groups in total. The molecule has 0 saturated carbocycles. The molecule has 26 heavy (non-hydrogen) atoms. The van der Waals surface area contributed by atoms with Crippen molar-refractivity contribution in [3.8, 4) is 16.9 Å². The quantitative estimate of drug-likeness (QED) is 0.818. The Morgan fingerprint density at radius 2 is 1.77 bits per heavy atom. The van der Waals surface area contributed by atoms with E-state index in [4.69, 9.17) is 4.74 Å². The molecule has 0 radical (unpaired) electrons. The van der Waals surface area contributed by atoms with E-state index in [0.717, 1.165) is 6.07 Å². The van der Waals surface area contributed by atoms with Crippen LogP contribution >= 0.6 is 0 Å². The van der Waals surface area contributed by atoms with Crippen LogP contribution in [0, 0.1) is 0 Å². The SMILES string of the molecule is CC1(COc2ccc(-c3ccccc3)c(C(F)(F)F)c2)NC(=O)NC1=O. The van der Waals surface area contributed by atoms with Crippen LogP contribution in [0.5, 0.6) is 5.75 Å². The number of carbonyl (C=O) groups excluding carboxylic acids is 2. The van der Waals surface area contributed by atoms with Crippen LogP contribution < -0.4 is 15.4 Å². The average Bonchev–Trinajstić information content (AvgIpc) is 2.85. The summed E-state index contributed by atoms with van der Waals surface area (Å²) in [6.45, 7) is 1.13. The van der Waals surface area contributed by atoms with E-state index in [9.17, 15) is 22.8 Å². The maximum Gasteiger partial charge on any atom is 0.417 e. The van der Waals surface area contributed by atoms with Crippen molar-refractivity contribution >= 4 is 11.9 Å². The van der Waals surface area contributed by atoms with Crippen LogP contribution in [-0.4, -0.2) is 24.1 Å². The number of amides is 3. The summed E-state index contributed by atoms with van der Waals surface area (Å²) in [6.07, 6.45) is -4.58. The summed E-state index contributed by atoms with van der Waals surface area (Å²) in [7, 11) is 0. The van der Waals surface area contributed by atoms with Gasteiger partial charge in [0.05, 0.1) is 5.56 Å². The largest absolute Gasteiger partial charge is 0.491 e. The zero-order valence-corrected chi connectivity index (χ0v) is 13.7. The minimum absolute atomic E-state index is 0.0311. The first kappa shape index (κ1) is 17.8. The van der Waals surface area contributed by atoms with E-state index in [-0.39, 0.29) is 17.9 Å². The molecule has 1 aliphatic rings. The maximum atomic E-state index is 13.5. The van der Waals surface area contributed by atoms with Gasteiger partial charge in [-0.1, -0.05) is 36.4 Å². The highest BCUT2D eigenvalue weighted by Gasteiger charge is 2.43. The predicted octanol–water partition coefficient (Wildman–Crippen LogP) is 3.35. The van der Waals surface area contributed by atoms with Gasteiger partial charge < -0.3 is 10.1 Å². The molecule has 2 aromatic rings. The third-order valence-electron chi connectivity index (χ3n) is 4.03. The van der Waals surface area contributed by atoms with Gasteiger partial charge in [-0.3, -0.25) is 10.1 Å². The second kappa shape index (κ2) is 6.36. The fourth-order valence-electron chi connectivity index (χ4n) is 2.63. The fraction of sp³-hybridized carbons (Fsp3) is 0.222.